The van der Waals surface area contributed by atoms with E-state index in [0.29, 0.717) is 16.1 Å². The highest BCUT2D eigenvalue weighted by molar-refractivity contribution is 7.99. The summed E-state index contributed by atoms with van der Waals surface area (Å²) in [6.45, 7) is 9.47. The lowest BCUT2D eigenvalue weighted by Gasteiger charge is -2.18. The molecule has 3 N–H and O–H groups in total. The number of nitrogen functional groups attached to an aromatic ring is 1. The molecule has 0 aliphatic carbocycles. The molecule has 0 aromatic heterocycles. The quantitative estimate of drug-likeness (QED) is 0.595. The molecule has 1 aromatic carbocycles. The molecule has 1 rings (SSSR count). The Labute approximate surface area is 132 Å². The fraction of sp³-hybridized carbons (Fsp3) is 0.600. The van der Waals surface area contributed by atoms with E-state index in [0.717, 1.165) is 29.1 Å². The van der Waals surface area contributed by atoms with Crippen molar-refractivity contribution in [1.29, 1.82) is 0 Å². The third-order valence-corrected chi connectivity index (χ3v) is 6.30. The highest BCUT2D eigenvalue weighted by Crippen LogP contribution is 2.28. The van der Waals surface area contributed by atoms with Crippen molar-refractivity contribution in [3.63, 3.8) is 0 Å². The van der Waals surface area contributed by atoms with Crippen molar-refractivity contribution < 1.29 is 8.42 Å². The average Bonchev–Trinajstić information content (AvgIpc) is 2.35. The van der Waals surface area contributed by atoms with Crippen molar-refractivity contribution in [2.75, 3.05) is 17.2 Å². The van der Waals surface area contributed by atoms with Crippen LogP contribution in [0.3, 0.4) is 0 Å². The van der Waals surface area contributed by atoms with Gasteiger partial charge in [-0.05, 0) is 62.3 Å². The SMILES string of the molecule is CCSCCC(C)NS(=O)(=O)c1c(C)cc(C)c(N)c1C. The highest BCUT2D eigenvalue weighted by Gasteiger charge is 2.23. The first kappa shape index (κ1) is 18.3. The van der Waals surface area contributed by atoms with Crippen molar-refractivity contribution in [1.82, 2.24) is 4.72 Å². The van der Waals surface area contributed by atoms with Crippen molar-refractivity contribution in [2.24, 2.45) is 0 Å². The minimum absolute atomic E-state index is 0.0876. The Hall–Kier alpha value is -0.720. The Bertz CT molecular complexity index is 598. The smallest absolute Gasteiger partial charge is 0.241 e. The molecule has 0 fully saturated rings. The second-order valence-corrected chi connectivity index (χ2v) is 8.43. The van der Waals surface area contributed by atoms with E-state index in [4.69, 9.17) is 5.73 Å². The molecule has 0 spiro atoms. The van der Waals surface area contributed by atoms with Gasteiger partial charge in [-0.15, -0.1) is 0 Å². The Morgan fingerprint density at radius 3 is 2.48 bits per heavy atom. The lowest BCUT2D eigenvalue weighted by atomic mass is 10.1. The summed E-state index contributed by atoms with van der Waals surface area (Å²) in [6, 6.07) is 1.74. The summed E-state index contributed by atoms with van der Waals surface area (Å²) in [5, 5.41) is 0. The van der Waals surface area contributed by atoms with Gasteiger partial charge in [0, 0.05) is 11.7 Å². The second-order valence-electron chi connectivity index (χ2n) is 5.39. The van der Waals surface area contributed by atoms with Crippen LogP contribution in [-0.4, -0.2) is 26.0 Å². The van der Waals surface area contributed by atoms with Crippen LogP contribution in [0.4, 0.5) is 5.69 Å². The summed E-state index contributed by atoms with van der Waals surface area (Å²) < 4.78 is 28.0. The maximum Gasteiger partial charge on any atom is 0.241 e. The van der Waals surface area contributed by atoms with Crippen LogP contribution >= 0.6 is 11.8 Å². The Kier molecular flexibility index (Phi) is 6.56. The van der Waals surface area contributed by atoms with Crippen LogP contribution < -0.4 is 10.5 Å². The van der Waals surface area contributed by atoms with Gasteiger partial charge in [0.15, 0.2) is 0 Å². The highest BCUT2D eigenvalue weighted by atomic mass is 32.2. The van der Waals surface area contributed by atoms with E-state index in [1.807, 2.05) is 38.6 Å². The molecule has 1 unspecified atom stereocenters. The van der Waals surface area contributed by atoms with Gasteiger partial charge in [-0.3, -0.25) is 0 Å². The Morgan fingerprint density at radius 2 is 1.90 bits per heavy atom. The number of thioether (sulfide) groups is 1. The lowest BCUT2D eigenvalue weighted by molar-refractivity contribution is 0.556. The van der Waals surface area contributed by atoms with E-state index in [9.17, 15) is 8.42 Å². The monoisotopic (exact) mass is 330 g/mol. The van der Waals surface area contributed by atoms with E-state index in [-0.39, 0.29) is 6.04 Å². The van der Waals surface area contributed by atoms with E-state index in [1.165, 1.54) is 0 Å². The van der Waals surface area contributed by atoms with E-state index in [2.05, 4.69) is 11.6 Å². The van der Waals surface area contributed by atoms with Crippen molar-refractivity contribution in [3.05, 3.63) is 22.8 Å². The van der Waals surface area contributed by atoms with Crippen molar-refractivity contribution >= 4 is 27.5 Å². The van der Waals surface area contributed by atoms with Gasteiger partial charge < -0.3 is 5.73 Å². The third-order valence-electron chi connectivity index (χ3n) is 3.48. The molecule has 120 valence electrons. The van der Waals surface area contributed by atoms with Gasteiger partial charge in [-0.2, -0.15) is 11.8 Å². The number of benzene rings is 1. The zero-order valence-electron chi connectivity index (χ0n) is 13.5. The molecule has 21 heavy (non-hydrogen) atoms. The predicted molar refractivity (Wildman–Crippen MR) is 92.5 cm³/mol. The lowest BCUT2D eigenvalue weighted by Crippen LogP contribution is -2.34. The molecule has 4 nitrogen and oxygen atoms in total. The molecule has 0 saturated carbocycles. The average molecular weight is 331 g/mol. The maximum absolute atomic E-state index is 12.6. The molecule has 0 aliphatic heterocycles. The minimum atomic E-state index is -3.54. The van der Waals surface area contributed by atoms with Gasteiger partial charge in [0.25, 0.3) is 0 Å². The molecule has 6 heteroatoms. The number of aryl methyl sites for hydroxylation is 2. The van der Waals surface area contributed by atoms with Crippen LogP contribution in [0.5, 0.6) is 0 Å². The van der Waals surface area contributed by atoms with Gasteiger partial charge in [0.05, 0.1) is 4.90 Å². The van der Waals surface area contributed by atoms with Gasteiger partial charge in [-0.25, -0.2) is 13.1 Å². The van der Waals surface area contributed by atoms with Crippen molar-refractivity contribution in [3.8, 4) is 0 Å². The number of nitrogens with one attached hydrogen (secondary N) is 1. The number of anilines is 1. The van der Waals surface area contributed by atoms with Crippen LogP contribution in [0.2, 0.25) is 0 Å². The number of nitrogens with two attached hydrogens (primary N) is 1. The molecule has 1 atom stereocenters. The summed E-state index contributed by atoms with van der Waals surface area (Å²) in [4.78, 5) is 0.320. The second kappa shape index (κ2) is 7.51. The predicted octanol–water partition coefficient (Wildman–Crippen LogP) is 3.00. The summed E-state index contributed by atoms with van der Waals surface area (Å²) in [6.07, 6.45) is 0.817. The minimum Gasteiger partial charge on any atom is -0.398 e. The number of rotatable bonds is 7. The van der Waals surface area contributed by atoms with E-state index in [1.54, 1.807) is 6.92 Å². The Balaban J connectivity index is 3.01. The fourth-order valence-electron chi connectivity index (χ4n) is 2.38. The van der Waals surface area contributed by atoms with E-state index >= 15 is 0 Å². The summed E-state index contributed by atoms with van der Waals surface area (Å²) in [5.41, 5.74) is 8.82. The van der Waals surface area contributed by atoms with Gasteiger partial charge in [-0.1, -0.05) is 13.0 Å². The number of sulfonamides is 1. The molecular formula is C15H26N2O2S2. The van der Waals surface area contributed by atoms with Gasteiger partial charge >= 0.3 is 0 Å². The molecule has 0 amide bonds. The number of hydrogen-bond acceptors (Lipinski definition) is 4. The molecular weight excluding hydrogens is 304 g/mol. The van der Waals surface area contributed by atoms with E-state index < -0.39 is 10.0 Å². The Morgan fingerprint density at radius 1 is 1.29 bits per heavy atom. The van der Waals surface area contributed by atoms with Crippen LogP contribution in [-0.2, 0) is 10.0 Å². The zero-order valence-corrected chi connectivity index (χ0v) is 15.1. The molecule has 0 bridgehead atoms. The molecule has 0 radical (unpaired) electrons. The van der Waals surface area contributed by atoms with Gasteiger partial charge in [0.1, 0.15) is 0 Å². The van der Waals surface area contributed by atoms with Crippen LogP contribution in [0.1, 0.15) is 37.0 Å². The largest absolute Gasteiger partial charge is 0.398 e. The molecule has 1 aromatic rings. The topological polar surface area (TPSA) is 72.2 Å². The fourth-order valence-corrected chi connectivity index (χ4v) is 4.95. The zero-order chi connectivity index (χ0) is 16.2. The first-order chi connectivity index (χ1) is 9.70. The van der Waals surface area contributed by atoms with Crippen LogP contribution in [0, 0.1) is 20.8 Å². The number of hydrogen-bond donors (Lipinski definition) is 2. The van der Waals surface area contributed by atoms with Gasteiger partial charge in [0.2, 0.25) is 10.0 Å². The molecule has 0 saturated heterocycles. The standard InChI is InChI=1S/C15H26N2O2S2/c1-6-20-8-7-12(4)17-21(18,19)15-11(3)9-10(2)14(16)13(15)5/h9,12,17H,6-8,16H2,1-5H3. The summed E-state index contributed by atoms with van der Waals surface area (Å²) >= 11 is 1.81. The first-order valence-corrected chi connectivity index (χ1v) is 9.80. The first-order valence-electron chi connectivity index (χ1n) is 7.17. The normalized spacial score (nSPS) is 13.4. The summed E-state index contributed by atoms with van der Waals surface area (Å²) in [5.74, 6) is 2.00. The van der Waals surface area contributed by atoms with Crippen molar-refractivity contribution in [2.45, 2.75) is 52.0 Å². The third kappa shape index (κ3) is 4.63. The molecule has 0 aliphatic rings. The van der Waals surface area contributed by atoms with Crippen LogP contribution in [0.25, 0.3) is 0 Å². The maximum atomic E-state index is 12.6. The summed E-state index contributed by atoms with van der Waals surface area (Å²) in [7, 11) is -3.54. The molecule has 0 heterocycles. The van der Waals surface area contributed by atoms with Crippen LogP contribution in [0.15, 0.2) is 11.0 Å².